The average molecular weight is 1070 g/mol. The van der Waals surface area contributed by atoms with E-state index in [2.05, 4.69) is 130 Å². The van der Waals surface area contributed by atoms with Crippen molar-refractivity contribution >= 4 is 17.9 Å². The van der Waals surface area contributed by atoms with Crippen molar-refractivity contribution in [2.24, 2.45) is 0 Å². The zero-order valence-electron chi connectivity index (χ0n) is 50.4. The minimum Gasteiger partial charge on any atom is -0.462 e. The monoisotopic (exact) mass is 1070 g/mol. The summed E-state index contributed by atoms with van der Waals surface area (Å²) in [5.74, 6) is -0.916. The summed E-state index contributed by atoms with van der Waals surface area (Å²) in [5, 5.41) is 0. The zero-order chi connectivity index (χ0) is 55.7. The maximum atomic E-state index is 12.9. The van der Waals surface area contributed by atoms with Crippen molar-refractivity contribution < 1.29 is 28.6 Å². The second-order valence-electron chi connectivity index (χ2n) is 21.3. The van der Waals surface area contributed by atoms with Crippen LogP contribution in [0.15, 0.2) is 109 Å². The van der Waals surface area contributed by atoms with Crippen molar-refractivity contribution in [3.63, 3.8) is 0 Å². The molecule has 440 valence electrons. The molecule has 6 heteroatoms. The Hall–Kier alpha value is -3.93. The lowest BCUT2D eigenvalue weighted by molar-refractivity contribution is -0.167. The molecule has 0 spiro atoms. The number of carbonyl (C=O) groups excluding carboxylic acids is 3. The molecular formula is C71H120O6. The van der Waals surface area contributed by atoms with Crippen LogP contribution in [0.3, 0.4) is 0 Å². The fourth-order valence-corrected chi connectivity index (χ4v) is 8.88. The van der Waals surface area contributed by atoms with Gasteiger partial charge in [0.2, 0.25) is 0 Å². The van der Waals surface area contributed by atoms with Gasteiger partial charge in [0.25, 0.3) is 0 Å². The van der Waals surface area contributed by atoms with Crippen molar-refractivity contribution in [2.75, 3.05) is 13.2 Å². The van der Waals surface area contributed by atoms with Gasteiger partial charge in [-0.15, -0.1) is 0 Å². The van der Waals surface area contributed by atoms with Crippen LogP contribution in [0.2, 0.25) is 0 Å². The zero-order valence-corrected chi connectivity index (χ0v) is 50.4. The summed E-state index contributed by atoms with van der Waals surface area (Å²) in [7, 11) is 0. The first-order chi connectivity index (χ1) is 38.0. The van der Waals surface area contributed by atoms with Gasteiger partial charge in [0.15, 0.2) is 6.10 Å². The molecule has 0 saturated carbocycles. The average Bonchev–Trinajstić information content (AvgIpc) is 3.43. The third-order valence-electron chi connectivity index (χ3n) is 13.7. The quantitative estimate of drug-likeness (QED) is 0.0261. The number of hydrogen-bond donors (Lipinski definition) is 0. The highest BCUT2D eigenvalue weighted by molar-refractivity contribution is 5.71. The van der Waals surface area contributed by atoms with Crippen LogP contribution in [0, 0.1) is 0 Å². The summed E-state index contributed by atoms with van der Waals surface area (Å²) >= 11 is 0. The van der Waals surface area contributed by atoms with Crippen molar-refractivity contribution in [3.8, 4) is 0 Å². The van der Waals surface area contributed by atoms with Crippen LogP contribution >= 0.6 is 0 Å². The molecule has 1 unspecified atom stereocenters. The molecule has 0 radical (unpaired) electrons. The Morgan fingerprint density at radius 3 is 0.831 bits per heavy atom. The summed E-state index contributed by atoms with van der Waals surface area (Å²) in [6.07, 6.45) is 88.0. The highest BCUT2D eigenvalue weighted by Gasteiger charge is 2.19. The van der Waals surface area contributed by atoms with Crippen LogP contribution in [0.4, 0.5) is 0 Å². The second-order valence-corrected chi connectivity index (χ2v) is 21.3. The van der Waals surface area contributed by atoms with Crippen LogP contribution < -0.4 is 0 Å². The van der Waals surface area contributed by atoms with Gasteiger partial charge >= 0.3 is 17.9 Å². The van der Waals surface area contributed by atoms with Crippen LogP contribution in [0.1, 0.15) is 303 Å². The lowest BCUT2D eigenvalue weighted by atomic mass is 10.1. The molecule has 0 heterocycles. The van der Waals surface area contributed by atoms with Crippen LogP contribution in [0.25, 0.3) is 0 Å². The van der Waals surface area contributed by atoms with Gasteiger partial charge in [0.1, 0.15) is 13.2 Å². The SMILES string of the molecule is CC/C=C\C/C=C\C/C=C\C/C=C\C/C=C\C/C=C\CCCCCCC(=O)OCC(COC(=O)CCCCCCCCC/C=C\CCCCCCCC)OC(=O)CCCCCCCCCCC/C=C\C/C=C\CCCCC. The highest BCUT2D eigenvalue weighted by Crippen LogP contribution is 2.15. The smallest absolute Gasteiger partial charge is 0.306 e. The fraction of sp³-hybridized carbons (Fsp3) is 0.704. The summed E-state index contributed by atoms with van der Waals surface area (Å²) in [6.45, 7) is 6.49. The minimum absolute atomic E-state index is 0.0906. The van der Waals surface area contributed by atoms with Gasteiger partial charge in [-0.1, -0.05) is 265 Å². The molecule has 77 heavy (non-hydrogen) atoms. The minimum atomic E-state index is -0.796. The van der Waals surface area contributed by atoms with E-state index in [1.165, 1.54) is 148 Å². The third-order valence-corrected chi connectivity index (χ3v) is 13.7. The van der Waals surface area contributed by atoms with Crippen LogP contribution in [0.5, 0.6) is 0 Å². The molecule has 0 N–H and O–H groups in total. The van der Waals surface area contributed by atoms with Gasteiger partial charge in [-0.3, -0.25) is 14.4 Å². The fourth-order valence-electron chi connectivity index (χ4n) is 8.88. The molecule has 0 aromatic carbocycles. The topological polar surface area (TPSA) is 78.9 Å². The summed E-state index contributed by atoms with van der Waals surface area (Å²) in [6, 6.07) is 0. The number of ether oxygens (including phenoxy) is 3. The van der Waals surface area contributed by atoms with Gasteiger partial charge in [-0.2, -0.15) is 0 Å². The molecule has 0 aliphatic rings. The van der Waals surface area contributed by atoms with Gasteiger partial charge in [0, 0.05) is 19.3 Å². The van der Waals surface area contributed by atoms with Crippen molar-refractivity contribution in [1.82, 2.24) is 0 Å². The molecule has 0 aliphatic carbocycles. The predicted molar refractivity (Wildman–Crippen MR) is 334 cm³/mol. The predicted octanol–water partition coefficient (Wildman–Crippen LogP) is 22.2. The number of carbonyl (C=O) groups is 3. The first-order valence-corrected chi connectivity index (χ1v) is 32.4. The second kappa shape index (κ2) is 64.6. The Balaban J connectivity index is 4.45. The largest absolute Gasteiger partial charge is 0.462 e. The van der Waals surface area contributed by atoms with E-state index in [-0.39, 0.29) is 31.1 Å². The lowest BCUT2D eigenvalue weighted by Crippen LogP contribution is -2.30. The summed E-state index contributed by atoms with van der Waals surface area (Å²) in [4.78, 5) is 38.4. The van der Waals surface area contributed by atoms with E-state index in [9.17, 15) is 14.4 Å². The number of unbranched alkanes of at least 4 members (excludes halogenated alkanes) is 29. The van der Waals surface area contributed by atoms with E-state index < -0.39 is 6.10 Å². The highest BCUT2D eigenvalue weighted by atomic mass is 16.6. The van der Waals surface area contributed by atoms with E-state index in [1.807, 2.05) is 0 Å². The molecule has 1 atom stereocenters. The van der Waals surface area contributed by atoms with Gasteiger partial charge in [-0.05, 0) is 128 Å². The molecule has 0 amide bonds. The van der Waals surface area contributed by atoms with Crippen LogP contribution in [-0.2, 0) is 28.6 Å². The van der Waals surface area contributed by atoms with E-state index in [1.54, 1.807) is 0 Å². The Kier molecular flexibility index (Phi) is 61.3. The first-order valence-electron chi connectivity index (χ1n) is 32.4. The molecule has 0 aliphatic heterocycles. The Bertz CT molecular complexity index is 1560. The van der Waals surface area contributed by atoms with Gasteiger partial charge < -0.3 is 14.2 Å². The number of hydrogen-bond acceptors (Lipinski definition) is 6. The van der Waals surface area contributed by atoms with E-state index in [0.717, 1.165) is 116 Å². The molecule has 0 aromatic heterocycles. The normalized spacial score (nSPS) is 12.8. The molecular weight excluding hydrogens is 949 g/mol. The maximum absolute atomic E-state index is 12.9. The van der Waals surface area contributed by atoms with Crippen LogP contribution in [-0.4, -0.2) is 37.2 Å². The van der Waals surface area contributed by atoms with Crippen molar-refractivity contribution in [3.05, 3.63) is 109 Å². The van der Waals surface area contributed by atoms with Gasteiger partial charge in [-0.25, -0.2) is 0 Å². The Labute approximate surface area is 476 Å². The number of allylic oxidation sites excluding steroid dienone is 18. The summed E-state index contributed by atoms with van der Waals surface area (Å²) < 4.78 is 16.9. The first kappa shape index (κ1) is 73.1. The Morgan fingerprint density at radius 2 is 0.506 bits per heavy atom. The number of esters is 3. The molecule has 0 rings (SSSR count). The van der Waals surface area contributed by atoms with Crippen molar-refractivity contribution in [1.29, 1.82) is 0 Å². The van der Waals surface area contributed by atoms with E-state index in [0.29, 0.717) is 19.3 Å². The Morgan fingerprint density at radius 1 is 0.273 bits per heavy atom. The third kappa shape index (κ3) is 62.8. The molecule has 0 bridgehead atoms. The maximum Gasteiger partial charge on any atom is 0.306 e. The molecule has 6 nitrogen and oxygen atoms in total. The standard InChI is InChI=1S/C71H120O6/c1-4-7-10-13-16-19-22-25-28-31-33-34-35-36-38-40-43-46-49-52-55-58-61-64-70(73)76-67-68(66-75-69(72)63-60-57-54-51-48-45-42-39-30-27-24-21-18-15-12-9-6-3)77-71(74)65-62-59-56-53-50-47-44-41-37-32-29-26-23-20-17-14-11-8-5-2/h7,10,16-17,19-20,25-30,33-34,36,38,43,46,68H,4-6,8-9,11-15,18,21-24,31-32,35,37,39-42,44-45,47-67H2,1-3H3/b10-7-,19-16-,20-17-,28-25-,29-26-,30-27-,34-33-,38-36-,46-43-. The summed E-state index contributed by atoms with van der Waals surface area (Å²) in [5.41, 5.74) is 0. The van der Waals surface area contributed by atoms with Gasteiger partial charge in [0.05, 0.1) is 0 Å². The lowest BCUT2D eigenvalue weighted by Gasteiger charge is -2.18. The molecule has 0 aromatic rings. The number of rotatable bonds is 58. The van der Waals surface area contributed by atoms with E-state index >= 15 is 0 Å². The van der Waals surface area contributed by atoms with E-state index in [4.69, 9.17) is 14.2 Å². The molecule has 0 saturated heterocycles. The molecule has 0 fully saturated rings. The van der Waals surface area contributed by atoms with Crippen molar-refractivity contribution in [2.45, 2.75) is 309 Å².